The lowest BCUT2D eigenvalue weighted by molar-refractivity contribution is -0.125. The van der Waals surface area contributed by atoms with Crippen LogP contribution in [0.3, 0.4) is 0 Å². The normalized spacial score (nSPS) is 18.4. The Morgan fingerprint density at radius 2 is 1.87 bits per heavy atom. The number of aromatic nitrogens is 5. The van der Waals surface area contributed by atoms with Gasteiger partial charge in [0.25, 0.3) is 17.7 Å². The highest BCUT2D eigenvalue weighted by Crippen LogP contribution is 2.26. The molecule has 4 atom stereocenters. The molecule has 6 rings (SSSR count). The summed E-state index contributed by atoms with van der Waals surface area (Å²) in [6, 6.07) is 16.5. The Morgan fingerprint density at radius 1 is 1.04 bits per heavy atom. The number of hydrogen-bond acceptors (Lipinski definition) is 9. The smallest absolute Gasteiger partial charge is 0.272 e. The summed E-state index contributed by atoms with van der Waals surface area (Å²) in [7, 11) is 0. The number of carbonyl (C=O) groups is 3. The standard InChI is InChI=1S/C33H32N8O6/c42-24-16-26(35-27(17-24)33(46)41-19-47-18-28(41)21-10-5-2-6-11-21)31(44)36-25(14-20-8-3-1-4-9-20)29(43)32(45)34-23-13-7-12-22(15-23)30-37-39-40-38-30/h1-10,12-13,15-17,21,25,28-29,43H,11,14,18-19H2,(H,34,45)(H,35,42)(H,36,44)(H,37,38,39,40)/t21?,25-,28+,29-/m0/s1. The lowest BCUT2D eigenvalue weighted by atomic mass is 9.92. The highest BCUT2D eigenvalue weighted by atomic mass is 16.5. The third-order valence-corrected chi connectivity index (χ3v) is 8.00. The Balaban J connectivity index is 1.20. The van der Waals surface area contributed by atoms with E-state index in [9.17, 15) is 24.3 Å². The average Bonchev–Trinajstić information content (AvgIpc) is 3.82. The Morgan fingerprint density at radius 3 is 2.64 bits per heavy atom. The second-order valence-corrected chi connectivity index (χ2v) is 11.2. The Kier molecular flexibility index (Phi) is 9.41. The molecule has 3 amide bonds. The molecule has 2 aliphatic rings. The number of anilines is 1. The second kappa shape index (κ2) is 14.1. The number of pyridine rings is 1. The molecule has 3 heterocycles. The molecule has 14 nitrogen and oxygen atoms in total. The van der Waals surface area contributed by atoms with Gasteiger partial charge in [-0.15, -0.1) is 10.2 Å². The van der Waals surface area contributed by atoms with Crippen molar-refractivity contribution in [3.63, 3.8) is 0 Å². The predicted octanol–water partition coefficient (Wildman–Crippen LogP) is 1.83. The molecule has 14 heteroatoms. The van der Waals surface area contributed by atoms with Gasteiger partial charge in [-0.2, -0.15) is 5.21 Å². The number of tetrazole rings is 1. The van der Waals surface area contributed by atoms with Crippen LogP contribution in [0.1, 0.15) is 33.0 Å². The summed E-state index contributed by atoms with van der Waals surface area (Å²) in [5.74, 6) is -1.66. The number of benzene rings is 2. The minimum absolute atomic E-state index is 0.0501. The molecule has 0 saturated carbocycles. The van der Waals surface area contributed by atoms with Crippen LogP contribution in [0.25, 0.3) is 11.4 Å². The van der Waals surface area contributed by atoms with Gasteiger partial charge in [0.2, 0.25) is 5.82 Å². The zero-order valence-electron chi connectivity index (χ0n) is 25.1. The number of ether oxygens (including phenoxy) is 1. The fourth-order valence-electron chi connectivity index (χ4n) is 5.62. The van der Waals surface area contributed by atoms with Crippen LogP contribution in [0.2, 0.25) is 0 Å². The van der Waals surface area contributed by atoms with Crippen molar-refractivity contribution in [2.24, 2.45) is 5.92 Å². The molecule has 5 N–H and O–H groups in total. The summed E-state index contributed by atoms with van der Waals surface area (Å²) in [5, 5.41) is 30.3. The predicted molar refractivity (Wildman–Crippen MR) is 170 cm³/mol. The molecule has 240 valence electrons. The average molecular weight is 637 g/mol. The number of aliphatic hydroxyl groups excluding tert-OH is 1. The van der Waals surface area contributed by atoms with E-state index in [1.54, 1.807) is 53.4 Å². The molecule has 1 fully saturated rings. The van der Waals surface area contributed by atoms with Gasteiger partial charge in [0.15, 0.2) is 11.5 Å². The number of allylic oxidation sites excluding steroid dienone is 3. The molecule has 1 unspecified atom stereocenters. The van der Waals surface area contributed by atoms with Gasteiger partial charge < -0.3 is 30.4 Å². The number of rotatable bonds is 10. The summed E-state index contributed by atoms with van der Waals surface area (Å²) < 4.78 is 5.60. The van der Waals surface area contributed by atoms with E-state index in [2.05, 4.69) is 36.2 Å². The van der Waals surface area contributed by atoms with Crippen LogP contribution in [0.15, 0.2) is 95.8 Å². The maximum absolute atomic E-state index is 13.6. The molecular weight excluding hydrogens is 604 g/mol. The molecule has 1 aliphatic carbocycles. The van der Waals surface area contributed by atoms with Crippen molar-refractivity contribution in [2.45, 2.75) is 31.0 Å². The van der Waals surface area contributed by atoms with Gasteiger partial charge in [0.05, 0.1) is 18.7 Å². The van der Waals surface area contributed by atoms with Crippen LogP contribution in [-0.2, 0) is 16.0 Å². The van der Waals surface area contributed by atoms with Crippen molar-refractivity contribution in [2.75, 3.05) is 18.7 Å². The van der Waals surface area contributed by atoms with Gasteiger partial charge in [0, 0.05) is 29.3 Å². The zero-order chi connectivity index (χ0) is 32.8. The molecule has 0 bridgehead atoms. The number of amides is 3. The first-order chi connectivity index (χ1) is 22.9. The Bertz CT molecular complexity index is 1860. The molecule has 1 saturated heterocycles. The number of nitrogens with one attached hydrogen (secondary N) is 4. The Hall–Kier alpha value is -5.73. The van der Waals surface area contributed by atoms with Crippen LogP contribution in [0.4, 0.5) is 5.69 Å². The van der Waals surface area contributed by atoms with E-state index in [1.807, 2.05) is 30.4 Å². The monoisotopic (exact) mass is 636 g/mol. The van der Waals surface area contributed by atoms with Crippen molar-refractivity contribution < 1.29 is 24.2 Å². The zero-order valence-corrected chi connectivity index (χ0v) is 25.1. The number of nitrogens with zero attached hydrogens (tertiary/aromatic N) is 4. The molecule has 47 heavy (non-hydrogen) atoms. The van der Waals surface area contributed by atoms with Crippen LogP contribution >= 0.6 is 0 Å². The molecule has 0 spiro atoms. The van der Waals surface area contributed by atoms with Crippen molar-refractivity contribution in [3.05, 3.63) is 118 Å². The topological polar surface area (TPSA) is 195 Å². The van der Waals surface area contributed by atoms with Crippen molar-refractivity contribution in [1.82, 2.24) is 35.8 Å². The SMILES string of the molecule is O=C(N[C@@H](Cc1ccccc1)[C@H](O)C(=O)Nc1cccc(-c2nn[nH]n2)c1)c1cc(=O)cc(C(=O)N2COC[C@@H]2C2C=CC=CC2)[nH]1. The number of carbonyl (C=O) groups excluding carboxylic acids is 3. The lowest BCUT2D eigenvalue weighted by Gasteiger charge is -2.28. The molecule has 0 radical (unpaired) electrons. The first-order valence-electron chi connectivity index (χ1n) is 15.0. The van der Waals surface area contributed by atoms with E-state index < -0.39 is 35.3 Å². The highest BCUT2D eigenvalue weighted by Gasteiger charge is 2.36. The van der Waals surface area contributed by atoms with Gasteiger partial charge in [-0.05, 0) is 35.8 Å². The second-order valence-electron chi connectivity index (χ2n) is 11.2. The van der Waals surface area contributed by atoms with Gasteiger partial charge in [-0.25, -0.2) is 0 Å². The summed E-state index contributed by atoms with van der Waals surface area (Å²) in [6.07, 6.45) is 7.04. The first kappa shape index (κ1) is 31.3. The molecule has 2 aromatic carbocycles. The fraction of sp³-hybridized carbons (Fsp3) is 0.242. The van der Waals surface area contributed by atoms with E-state index in [-0.39, 0.29) is 36.5 Å². The minimum atomic E-state index is -1.70. The number of aliphatic hydroxyl groups is 1. The molecule has 4 aromatic rings. The van der Waals surface area contributed by atoms with Crippen molar-refractivity contribution in [1.29, 1.82) is 0 Å². The third kappa shape index (κ3) is 7.40. The van der Waals surface area contributed by atoms with Crippen molar-refractivity contribution in [3.8, 4) is 11.4 Å². The van der Waals surface area contributed by atoms with Gasteiger partial charge in [-0.1, -0.05) is 66.8 Å². The minimum Gasteiger partial charge on any atom is -0.381 e. The number of H-pyrrole nitrogens is 2. The van der Waals surface area contributed by atoms with Crippen LogP contribution in [-0.4, -0.2) is 84.9 Å². The molecular formula is C33H32N8O6. The maximum Gasteiger partial charge on any atom is 0.272 e. The number of aromatic amines is 2. The summed E-state index contributed by atoms with van der Waals surface area (Å²) >= 11 is 0. The lowest BCUT2D eigenvalue weighted by Crippen LogP contribution is -2.50. The first-order valence-corrected chi connectivity index (χ1v) is 15.0. The largest absolute Gasteiger partial charge is 0.381 e. The third-order valence-electron chi connectivity index (χ3n) is 8.00. The highest BCUT2D eigenvalue weighted by molar-refractivity contribution is 5.98. The van der Waals surface area contributed by atoms with E-state index >= 15 is 0 Å². The maximum atomic E-state index is 13.6. The van der Waals surface area contributed by atoms with Gasteiger partial charge in [-0.3, -0.25) is 19.2 Å². The summed E-state index contributed by atoms with van der Waals surface area (Å²) in [6.45, 7) is 0.399. The van der Waals surface area contributed by atoms with E-state index in [0.29, 0.717) is 23.7 Å². The van der Waals surface area contributed by atoms with E-state index in [0.717, 1.165) is 24.1 Å². The van der Waals surface area contributed by atoms with Gasteiger partial charge in [0.1, 0.15) is 18.1 Å². The van der Waals surface area contributed by atoms with Crippen LogP contribution in [0, 0.1) is 5.92 Å². The summed E-state index contributed by atoms with van der Waals surface area (Å²) in [4.78, 5) is 57.4. The Labute approximate surface area is 268 Å². The van der Waals surface area contributed by atoms with Crippen molar-refractivity contribution >= 4 is 23.4 Å². The van der Waals surface area contributed by atoms with Crippen LogP contribution < -0.4 is 16.1 Å². The van der Waals surface area contributed by atoms with Gasteiger partial charge >= 0.3 is 0 Å². The van der Waals surface area contributed by atoms with E-state index in [1.165, 1.54) is 0 Å². The van der Waals surface area contributed by atoms with E-state index in [4.69, 9.17) is 4.74 Å². The molecule has 2 aromatic heterocycles. The quantitative estimate of drug-likeness (QED) is 0.173. The summed E-state index contributed by atoms with van der Waals surface area (Å²) in [5.41, 5.74) is 0.851. The molecule has 1 aliphatic heterocycles. The number of hydrogen-bond donors (Lipinski definition) is 5. The fourth-order valence-corrected chi connectivity index (χ4v) is 5.62. The van der Waals surface area contributed by atoms with Crippen LogP contribution in [0.5, 0.6) is 0 Å².